The molecule has 1 aliphatic rings. The van der Waals surface area contributed by atoms with Crippen molar-refractivity contribution in [3.05, 3.63) is 77.9 Å². The zero-order chi connectivity index (χ0) is 26.2. The van der Waals surface area contributed by atoms with E-state index in [1.807, 2.05) is 0 Å². The van der Waals surface area contributed by atoms with E-state index >= 15 is 0 Å². The average molecular weight is 497 g/mol. The quantitative estimate of drug-likeness (QED) is 0.376. The molecule has 0 unspecified atom stereocenters. The zero-order valence-corrected chi connectivity index (χ0v) is 19.8. The monoisotopic (exact) mass is 496 g/mol. The number of anilines is 1. The van der Waals surface area contributed by atoms with Crippen LogP contribution >= 0.6 is 0 Å². The van der Waals surface area contributed by atoms with Crippen molar-refractivity contribution < 1.29 is 24.2 Å². The van der Waals surface area contributed by atoms with Gasteiger partial charge >= 0.3 is 6.09 Å². The minimum absolute atomic E-state index is 0.141. The number of benzene rings is 3. The summed E-state index contributed by atoms with van der Waals surface area (Å²) in [6, 6.07) is 22.3. The molecule has 37 heavy (non-hydrogen) atoms. The van der Waals surface area contributed by atoms with Crippen LogP contribution in [0.3, 0.4) is 0 Å². The third-order valence-electron chi connectivity index (χ3n) is 6.01. The number of nitrogens with zero attached hydrogens (tertiary/aromatic N) is 2. The molecule has 1 fully saturated rings. The number of carbonyl (C=O) groups is 2. The van der Waals surface area contributed by atoms with Crippen LogP contribution in [0.5, 0.6) is 23.0 Å². The SMILES string of the molecule is N#Cc1ccc(Oc2cc(NC(=O)C3CCC(NC(=O)O)CC3)cc(Oc3ccc(C#N)cc3)c2)cc1. The first-order valence-corrected chi connectivity index (χ1v) is 11.7. The molecule has 9 nitrogen and oxygen atoms in total. The van der Waals surface area contributed by atoms with Crippen molar-refractivity contribution in [1.82, 2.24) is 5.32 Å². The molecule has 3 aromatic rings. The average Bonchev–Trinajstić information content (AvgIpc) is 2.89. The molecule has 2 amide bonds. The second kappa shape index (κ2) is 11.6. The number of ether oxygens (including phenoxy) is 2. The molecule has 0 radical (unpaired) electrons. The maximum atomic E-state index is 13.0. The van der Waals surface area contributed by atoms with Crippen LogP contribution in [0, 0.1) is 28.6 Å². The number of hydrogen-bond donors (Lipinski definition) is 3. The molecule has 0 bridgehead atoms. The number of nitriles is 2. The normalized spacial score (nSPS) is 16.5. The van der Waals surface area contributed by atoms with Crippen LogP contribution in [0.15, 0.2) is 66.7 Å². The van der Waals surface area contributed by atoms with Crippen molar-refractivity contribution in [3.63, 3.8) is 0 Å². The van der Waals surface area contributed by atoms with E-state index in [1.165, 1.54) is 0 Å². The highest BCUT2D eigenvalue weighted by Crippen LogP contribution is 2.34. The van der Waals surface area contributed by atoms with E-state index in [-0.39, 0.29) is 17.9 Å². The number of carboxylic acid groups (broad SMARTS) is 1. The lowest BCUT2D eigenvalue weighted by Gasteiger charge is -2.27. The van der Waals surface area contributed by atoms with Crippen molar-refractivity contribution in [2.24, 2.45) is 5.92 Å². The fourth-order valence-electron chi connectivity index (χ4n) is 4.15. The number of hydrogen-bond acceptors (Lipinski definition) is 6. The standard InChI is InChI=1S/C28H24N4O5/c29-16-18-1-9-23(10-2-18)36-25-13-22(14-26(15-25)37-24-11-3-19(17-30)4-12-24)31-27(33)20-5-7-21(8-6-20)32-28(34)35/h1-4,9-15,20-21,32H,5-8H2,(H,31,33)(H,34,35). The summed E-state index contributed by atoms with van der Waals surface area (Å²) in [7, 11) is 0. The maximum absolute atomic E-state index is 13.0. The predicted molar refractivity (Wildman–Crippen MR) is 134 cm³/mol. The first-order chi connectivity index (χ1) is 17.9. The van der Waals surface area contributed by atoms with E-state index in [2.05, 4.69) is 22.8 Å². The van der Waals surface area contributed by atoms with Gasteiger partial charge in [-0.1, -0.05) is 0 Å². The minimum Gasteiger partial charge on any atom is -0.465 e. The van der Waals surface area contributed by atoms with E-state index < -0.39 is 6.09 Å². The molecule has 9 heteroatoms. The summed E-state index contributed by atoms with van der Waals surface area (Å²) >= 11 is 0. The van der Waals surface area contributed by atoms with Crippen molar-refractivity contribution >= 4 is 17.7 Å². The Morgan fingerprint density at radius 2 is 1.24 bits per heavy atom. The summed E-state index contributed by atoms with van der Waals surface area (Å²) in [6.45, 7) is 0. The van der Waals surface area contributed by atoms with Gasteiger partial charge < -0.3 is 25.2 Å². The third-order valence-corrected chi connectivity index (χ3v) is 6.01. The lowest BCUT2D eigenvalue weighted by Crippen LogP contribution is -2.38. The van der Waals surface area contributed by atoms with Gasteiger partial charge in [0.1, 0.15) is 23.0 Å². The van der Waals surface area contributed by atoms with E-state index in [4.69, 9.17) is 25.1 Å². The molecular formula is C28H24N4O5. The van der Waals surface area contributed by atoms with Gasteiger partial charge in [0, 0.05) is 35.8 Å². The highest BCUT2D eigenvalue weighted by atomic mass is 16.5. The van der Waals surface area contributed by atoms with Gasteiger partial charge in [0.05, 0.1) is 23.3 Å². The molecule has 0 aliphatic heterocycles. The lowest BCUT2D eigenvalue weighted by atomic mass is 9.85. The Bertz CT molecular complexity index is 1270. The molecule has 1 saturated carbocycles. The number of amides is 2. The fraction of sp³-hybridized carbons (Fsp3) is 0.214. The molecule has 0 heterocycles. The van der Waals surface area contributed by atoms with Gasteiger partial charge in [-0.15, -0.1) is 0 Å². The van der Waals surface area contributed by atoms with Crippen molar-refractivity contribution in [3.8, 4) is 35.1 Å². The topological polar surface area (TPSA) is 144 Å². The second-order valence-electron chi connectivity index (χ2n) is 8.66. The largest absolute Gasteiger partial charge is 0.465 e. The Kier molecular flexibility index (Phi) is 7.87. The summed E-state index contributed by atoms with van der Waals surface area (Å²) in [6.07, 6.45) is 1.29. The van der Waals surface area contributed by atoms with Crippen molar-refractivity contribution in [2.75, 3.05) is 5.32 Å². The molecule has 186 valence electrons. The summed E-state index contributed by atoms with van der Waals surface area (Å²) < 4.78 is 11.9. The Balaban J connectivity index is 1.52. The molecule has 1 aliphatic carbocycles. The van der Waals surface area contributed by atoms with Gasteiger partial charge in [-0.25, -0.2) is 4.79 Å². The van der Waals surface area contributed by atoms with Crippen LogP contribution in [-0.2, 0) is 4.79 Å². The van der Waals surface area contributed by atoms with E-state index in [0.717, 1.165) is 0 Å². The number of nitrogens with one attached hydrogen (secondary N) is 2. The maximum Gasteiger partial charge on any atom is 0.404 e. The fourth-order valence-corrected chi connectivity index (χ4v) is 4.15. The molecule has 0 saturated heterocycles. The van der Waals surface area contributed by atoms with E-state index in [1.54, 1.807) is 66.7 Å². The van der Waals surface area contributed by atoms with Crippen molar-refractivity contribution in [2.45, 2.75) is 31.7 Å². The van der Waals surface area contributed by atoms with Crippen LogP contribution < -0.4 is 20.1 Å². The summed E-state index contributed by atoms with van der Waals surface area (Å²) in [5, 5.41) is 32.4. The second-order valence-corrected chi connectivity index (χ2v) is 8.66. The Labute approximate surface area is 213 Å². The molecule has 0 atom stereocenters. The van der Waals surface area contributed by atoms with Gasteiger partial charge in [0.2, 0.25) is 5.91 Å². The molecule has 0 aromatic heterocycles. The van der Waals surface area contributed by atoms with Gasteiger partial charge in [-0.3, -0.25) is 4.79 Å². The van der Waals surface area contributed by atoms with Gasteiger partial charge in [-0.05, 0) is 74.2 Å². The highest BCUT2D eigenvalue weighted by molar-refractivity contribution is 5.93. The minimum atomic E-state index is -1.05. The molecule has 3 N–H and O–H groups in total. The van der Waals surface area contributed by atoms with E-state index in [9.17, 15) is 9.59 Å². The smallest absolute Gasteiger partial charge is 0.404 e. The summed E-state index contributed by atoms with van der Waals surface area (Å²) in [5.74, 6) is 1.46. The predicted octanol–water partition coefficient (Wildman–Crippen LogP) is 5.78. The zero-order valence-electron chi connectivity index (χ0n) is 19.8. The molecular weight excluding hydrogens is 472 g/mol. The lowest BCUT2D eigenvalue weighted by molar-refractivity contribution is -0.120. The molecule has 4 rings (SSSR count). The third kappa shape index (κ3) is 7.00. The first kappa shape index (κ1) is 25.1. The Morgan fingerprint density at radius 1 is 0.757 bits per heavy atom. The van der Waals surface area contributed by atoms with Crippen LogP contribution in [0.1, 0.15) is 36.8 Å². The number of carbonyl (C=O) groups excluding carboxylic acids is 1. The number of rotatable bonds is 7. The molecule has 0 spiro atoms. The van der Waals surface area contributed by atoms with Crippen LogP contribution in [0.4, 0.5) is 10.5 Å². The van der Waals surface area contributed by atoms with Crippen LogP contribution in [-0.4, -0.2) is 23.1 Å². The van der Waals surface area contributed by atoms with Gasteiger partial charge in [0.15, 0.2) is 0 Å². The Hall–Kier alpha value is -5.02. The van der Waals surface area contributed by atoms with Crippen LogP contribution in [0.2, 0.25) is 0 Å². The summed E-state index contributed by atoms with van der Waals surface area (Å²) in [5.41, 5.74) is 1.49. The molecule has 3 aromatic carbocycles. The van der Waals surface area contributed by atoms with Crippen molar-refractivity contribution in [1.29, 1.82) is 10.5 Å². The highest BCUT2D eigenvalue weighted by Gasteiger charge is 2.27. The summed E-state index contributed by atoms with van der Waals surface area (Å²) in [4.78, 5) is 23.9. The Morgan fingerprint density at radius 3 is 1.68 bits per heavy atom. The van der Waals surface area contributed by atoms with Gasteiger partial charge in [0.25, 0.3) is 0 Å². The van der Waals surface area contributed by atoms with E-state index in [0.29, 0.717) is 65.5 Å². The first-order valence-electron chi connectivity index (χ1n) is 11.7. The van der Waals surface area contributed by atoms with Crippen LogP contribution in [0.25, 0.3) is 0 Å². The van der Waals surface area contributed by atoms with Gasteiger partial charge in [-0.2, -0.15) is 10.5 Å².